The second-order valence-electron chi connectivity index (χ2n) is 4.08. The van der Waals surface area contributed by atoms with Gasteiger partial charge in [-0.15, -0.1) is 5.10 Å². The Morgan fingerprint density at radius 2 is 2.11 bits per heavy atom. The van der Waals surface area contributed by atoms with Crippen molar-refractivity contribution in [3.8, 4) is 0 Å². The molecule has 5 nitrogen and oxygen atoms in total. The van der Waals surface area contributed by atoms with Gasteiger partial charge in [-0.05, 0) is 6.07 Å². The minimum atomic E-state index is 0.680. The molecule has 1 aromatic carbocycles. The summed E-state index contributed by atoms with van der Waals surface area (Å²) in [5.41, 5.74) is 1.10. The minimum Gasteiger partial charge on any atom is -0.362 e. The van der Waals surface area contributed by atoms with Crippen molar-refractivity contribution >= 4 is 16.6 Å². The molecule has 18 heavy (non-hydrogen) atoms. The van der Waals surface area contributed by atoms with Crippen molar-refractivity contribution in [3.05, 3.63) is 48.4 Å². The highest BCUT2D eigenvalue weighted by atomic mass is 15.3. The number of aromatic nitrogens is 4. The lowest BCUT2D eigenvalue weighted by Crippen LogP contribution is -2.07. The van der Waals surface area contributed by atoms with Crippen molar-refractivity contribution in [2.24, 2.45) is 7.05 Å². The van der Waals surface area contributed by atoms with Crippen LogP contribution in [0.4, 0.5) is 5.82 Å². The van der Waals surface area contributed by atoms with Crippen LogP contribution in [0.5, 0.6) is 0 Å². The number of nitrogens with one attached hydrogen (secondary N) is 1. The summed E-state index contributed by atoms with van der Waals surface area (Å²) >= 11 is 0. The lowest BCUT2D eigenvalue weighted by atomic mass is 10.2. The fourth-order valence-corrected chi connectivity index (χ4v) is 1.91. The highest BCUT2D eigenvalue weighted by Crippen LogP contribution is 2.19. The van der Waals surface area contributed by atoms with Crippen LogP contribution in [-0.4, -0.2) is 20.0 Å². The lowest BCUT2D eigenvalue weighted by Gasteiger charge is -2.07. The molecule has 0 aliphatic rings. The molecule has 0 saturated carbocycles. The van der Waals surface area contributed by atoms with Crippen molar-refractivity contribution in [3.63, 3.8) is 0 Å². The van der Waals surface area contributed by atoms with Crippen molar-refractivity contribution in [1.82, 2.24) is 20.0 Å². The van der Waals surface area contributed by atoms with E-state index in [2.05, 4.69) is 20.6 Å². The van der Waals surface area contributed by atoms with Crippen LogP contribution < -0.4 is 5.32 Å². The average molecular weight is 239 g/mol. The molecule has 0 aliphatic heterocycles. The zero-order valence-corrected chi connectivity index (χ0v) is 10.0. The highest BCUT2D eigenvalue weighted by Gasteiger charge is 2.03. The third-order valence-corrected chi connectivity index (χ3v) is 2.93. The van der Waals surface area contributed by atoms with Gasteiger partial charge in [0.15, 0.2) is 5.82 Å². The summed E-state index contributed by atoms with van der Waals surface area (Å²) < 4.78 is 1.84. The summed E-state index contributed by atoms with van der Waals surface area (Å²) in [7, 11) is 1.92. The summed E-state index contributed by atoms with van der Waals surface area (Å²) in [6.07, 6.45) is 3.55. The van der Waals surface area contributed by atoms with E-state index in [-0.39, 0.29) is 0 Å². The van der Waals surface area contributed by atoms with E-state index in [1.165, 1.54) is 0 Å². The van der Waals surface area contributed by atoms with Crippen molar-refractivity contribution in [1.29, 1.82) is 0 Å². The first kappa shape index (κ1) is 10.7. The van der Waals surface area contributed by atoms with E-state index in [0.29, 0.717) is 6.54 Å². The molecule has 0 aliphatic carbocycles. The molecule has 0 spiro atoms. The number of nitrogens with zero attached hydrogens (tertiary/aromatic N) is 4. The summed E-state index contributed by atoms with van der Waals surface area (Å²) in [6, 6.07) is 10.0. The number of rotatable bonds is 3. The monoisotopic (exact) mass is 239 g/mol. The smallest absolute Gasteiger partial charge is 0.156 e. The molecule has 0 bridgehead atoms. The zero-order valence-electron chi connectivity index (χ0n) is 10.0. The molecule has 2 aromatic heterocycles. The number of hydrogen-bond donors (Lipinski definition) is 1. The Hall–Kier alpha value is -2.43. The lowest BCUT2D eigenvalue weighted by molar-refractivity contribution is 0.719. The predicted octanol–water partition coefficient (Wildman–Crippen LogP) is 1.98. The Morgan fingerprint density at radius 1 is 1.22 bits per heavy atom. The van der Waals surface area contributed by atoms with Crippen LogP contribution >= 0.6 is 0 Å². The van der Waals surface area contributed by atoms with Gasteiger partial charge in [-0.3, -0.25) is 4.68 Å². The first-order chi connectivity index (χ1) is 8.84. The van der Waals surface area contributed by atoms with E-state index in [9.17, 15) is 0 Å². The Morgan fingerprint density at radius 3 is 2.94 bits per heavy atom. The van der Waals surface area contributed by atoms with Crippen LogP contribution in [0.2, 0.25) is 0 Å². The van der Waals surface area contributed by atoms with E-state index in [4.69, 9.17) is 0 Å². The molecule has 2 heterocycles. The first-order valence-corrected chi connectivity index (χ1v) is 5.76. The number of hydrogen-bond acceptors (Lipinski definition) is 4. The van der Waals surface area contributed by atoms with Crippen LogP contribution in [0, 0.1) is 0 Å². The Kier molecular flexibility index (Phi) is 2.64. The summed E-state index contributed by atoms with van der Waals surface area (Å²) in [5.74, 6) is 0.800. The average Bonchev–Trinajstić information content (AvgIpc) is 2.82. The van der Waals surface area contributed by atoms with E-state index >= 15 is 0 Å². The Bertz CT molecular complexity index is 668. The van der Waals surface area contributed by atoms with Crippen LogP contribution in [0.1, 0.15) is 5.69 Å². The van der Waals surface area contributed by atoms with Gasteiger partial charge in [-0.2, -0.15) is 10.2 Å². The topological polar surface area (TPSA) is 55.6 Å². The Balaban J connectivity index is 1.89. The largest absolute Gasteiger partial charge is 0.362 e. The molecule has 1 N–H and O–H groups in total. The van der Waals surface area contributed by atoms with Gasteiger partial charge < -0.3 is 5.32 Å². The van der Waals surface area contributed by atoms with E-state index < -0.39 is 0 Å². The third-order valence-electron chi connectivity index (χ3n) is 2.93. The molecule has 5 heteroatoms. The molecule has 3 rings (SSSR count). The van der Waals surface area contributed by atoms with Gasteiger partial charge in [0.2, 0.25) is 0 Å². The quantitative estimate of drug-likeness (QED) is 0.759. The fourth-order valence-electron chi connectivity index (χ4n) is 1.91. The molecular weight excluding hydrogens is 226 g/mol. The van der Waals surface area contributed by atoms with Gasteiger partial charge in [0.25, 0.3) is 0 Å². The molecule has 0 unspecified atom stereocenters. The highest BCUT2D eigenvalue weighted by molar-refractivity contribution is 5.90. The SMILES string of the molecule is Cn1nccc1CNc1nncc2ccccc12. The second-order valence-corrected chi connectivity index (χ2v) is 4.08. The summed E-state index contributed by atoms with van der Waals surface area (Å²) in [6.45, 7) is 0.680. The maximum atomic E-state index is 4.15. The zero-order chi connectivity index (χ0) is 12.4. The van der Waals surface area contributed by atoms with Crippen LogP contribution in [-0.2, 0) is 13.6 Å². The Labute approximate surface area is 104 Å². The fraction of sp³-hybridized carbons (Fsp3) is 0.154. The van der Waals surface area contributed by atoms with Crippen molar-refractivity contribution in [2.75, 3.05) is 5.32 Å². The first-order valence-electron chi connectivity index (χ1n) is 5.76. The molecule has 0 atom stereocenters. The van der Waals surface area contributed by atoms with E-state index in [1.807, 2.05) is 42.1 Å². The summed E-state index contributed by atoms with van der Waals surface area (Å²) in [5, 5.41) is 17.7. The van der Waals surface area contributed by atoms with Gasteiger partial charge in [-0.25, -0.2) is 0 Å². The van der Waals surface area contributed by atoms with E-state index in [0.717, 1.165) is 22.3 Å². The second kappa shape index (κ2) is 4.44. The number of anilines is 1. The molecule has 0 saturated heterocycles. The van der Waals surface area contributed by atoms with Crippen LogP contribution in [0.25, 0.3) is 10.8 Å². The standard InChI is InChI=1S/C13H13N5/c1-18-11(6-7-16-18)9-14-13-12-5-3-2-4-10(12)8-15-17-13/h2-8H,9H2,1H3,(H,14,17). The maximum Gasteiger partial charge on any atom is 0.156 e. The normalized spacial score (nSPS) is 10.7. The van der Waals surface area contributed by atoms with Crippen LogP contribution in [0.15, 0.2) is 42.7 Å². The minimum absolute atomic E-state index is 0.680. The maximum absolute atomic E-state index is 4.15. The molecule has 0 fully saturated rings. The molecule has 0 radical (unpaired) electrons. The van der Waals surface area contributed by atoms with Gasteiger partial charge >= 0.3 is 0 Å². The van der Waals surface area contributed by atoms with Gasteiger partial charge in [0.1, 0.15) is 0 Å². The molecular formula is C13H13N5. The van der Waals surface area contributed by atoms with Gasteiger partial charge in [-0.1, -0.05) is 24.3 Å². The van der Waals surface area contributed by atoms with E-state index in [1.54, 1.807) is 12.4 Å². The number of fused-ring (bicyclic) bond motifs is 1. The summed E-state index contributed by atoms with van der Waals surface area (Å²) in [4.78, 5) is 0. The van der Waals surface area contributed by atoms with Gasteiger partial charge in [0, 0.05) is 24.0 Å². The predicted molar refractivity (Wildman–Crippen MR) is 70.1 cm³/mol. The number of aryl methyl sites for hydroxylation is 1. The number of benzene rings is 1. The third kappa shape index (κ3) is 1.90. The van der Waals surface area contributed by atoms with Crippen molar-refractivity contribution < 1.29 is 0 Å². The van der Waals surface area contributed by atoms with Gasteiger partial charge in [0.05, 0.1) is 18.4 Å². The molecule has 3 aromatic rings. The molecule has 0 amide bonds. The van der Waals surface area contributed by atoms with Crippen molar-refractivity contribution in [2.45, 2.75) is 6.54 Å². The molecule has 90 valence electrons. The van der Waals surface area contributed by atoms with Crippen LogP contribution in [0.3, 0.4) is 0 Å².